The molecule has 2 aromatic rings. The molecule has 0 radical (unpaired) electrons. The molecular weight excluding hydrogens is 254 g/mol. The first-order valence-corrected chi connectivity index (χ1v) is 7.88. The van der Waals surface area contributed by atoms with Crippen LogP contribution in [-0.2, 0) is 12.8 Å². The molecule has 0 amide bonds. The first-order chi connectivity index (χ1) is 9.34. The van der Waals surface area contributed by atoms with Gasteiger partial charge in [-0.25, -0.2) is 4.98 Å². The van der Waals surface area contributed by atoms with E-state index in [0.717, 1.165) is 23.4 Å². The van der Waals surface area contributed by atoms with Gasteiger partial charge in [-0.2, -0.15) is 0 Å². The molecule has 0 fully saturated rings. The number of hydrogen-bond donors (Lipinski definition) is 1. The number of thiazole rings is 1. The second kappa shape index (κ2) is 5.85. The van der Waals surface area contributed by atoms with Crippen LogP contribution in [0.25, 0.3) is 0 Å². The van der Waals surface area contributed by atoms with Crippen LogP contribution in [0, 0.1) is 0 Å². The zero-order valence-electron chi connectivity index (χ0n) is 11.0. The summed E-state index contributed by atoms with van der Waals surface area (Å²) in [6.07, 6.45) is 6.77. The third kappa shape index (κ3) is 2.88. The van der Waals surface area contributed by atoms with E-state index in [1.807, 2.05) is 30.3 Å². The zero-order chi connectivity index (χ0) is 13.1. The van der Waals surface area contributed by atoms with Gasteiger partial charge in [0.2, 0.25) is 0 Å². The van der Waals surface area contributed by atoms with Crippen molar-refractivity contribution < 1.29 is 5.11 Å². The molecule has 0 bridgehead atoms. The average Bonchev–Trinajstić information content (AvgIpc) is 2.81. The van der Waals surface area contributed by atoms with Crippen LogP contribution in [0.15, 0.2) is 30.3 Å². The minimum Gasteiger partial charge on any atom is -0.381 e. The van der Waals surface area contributed by atoms with Gasteiger partial charge in [-0.15, -0.1) is 11.3 Å². The van der Waals surface area contributed by atoms with E-state index >= 15 is 0 Å². The number of aliphatic hydroxyl groups excluding tert-OH is 1. The summed E-state index contributed by atoms with van der Waals surface area (Å²) in [7, 11) is 0. The molecule has 1 aromatic carbocycles. The predicted molar refractivity (Wildman–Crippen MR) is 78.5 cm³/mol. The van der Waals surface area contributed by atoms with Crippen LogP contribution >= 0.6 is 11.3 Å². The van der Waals surface area contributed by atoms with Gasteiger partial charge < -0.3 is 5.11 Å². The number of aromatic nitrogens is 1. The summed E-state index contributed by atoms with van der Waals surface area (Å²) in [4.78, 5) is 6.09. The Balaban J connectivity index is 1.87. The first kappa shape index (κ1) is 12.8. The summed E-state index contributed by atoms with van der Waals surface area (Å²) in [6, 6.07) is 9.81. The lowest BCUT2D eigenvalue weighted by atomic mass is 10.0. The molecule has 2 nitrogen and oxygen atoms in total. The molecule has 1 N–H and O–H groups in total. The van der Waals surface area contributed by atoms with Crippen molar-refractivity contribution in [3.05, 3.63) is 51.5 Å². The van der Waals surface area contributed by atoms with Crippen LogP contribution < -0.4 is 0 Å². The molecule has 3 rings (SSSR count). The molecule has 1 atom stereocenters. The van der Waals surface area contributed by atoms with Crippen LogP contribution in [0.1, 0.15) is 52.9 Å². The fraction of sp³-hybridized carbons (Fsp3) is 0.438. The predicted octanol–water partition coefficient (Wildman–Crippen LogP) is 3.88. The molecular formula is C16H19NOS. The highest BCUT2D eigenvalue weighted by molar-refractivity contribution is 7.11. The Morgan fingerprint density at radius 3 is 2.53 bits per heavy atom. The zero-order valence-corrected chi connectivity index (χ0v) is 11.8. The summed E-state index contributed by atoms with van der Waals surface area (Å²) in [5, 5.41) is 11.3. The Kier molecular flexibility index (Phi) is 3.95. The Labute approximate surface area is 118 Å². The maximum Gasteiger partial charge on any atom is 0.131 e. The van der Waals surface area contributed by atoms with Gasteiger partial charge in [0.25, 0.3) is 0 Å². The topological polar surface area (TPSA) is 33.1 Å². The minimum atomic E-state index is -0.570. The second-order valence-corrected chi connectivity index (χ2v) is 6.26. The number of nitrogens with zero attached hydrogens (tertiary/aromatic N) is 1. The normalized spacial score (nSPS) is 17.3. The highest BCUT2D eigenvalue weighted by Gasteiger charge is 2.19. The fourth-order valence-corrected chi connectivity index (χ4v) is 3.79. The Morgan fingerprint density at radius 2 is 1.74 bits per heavy atom. The Hall–Kier alpha value is -1.19. The van der Waals surface area contributed by atoms with Crippen molar-refractivity contribution in [3.8, 4) is 0 Å². The third-order valence-electron chi connectivity index (χ3n) is 3.71. The fourth-order valence-electron chi connectivity index (χ4n) is 2.62. The lowest BCUT2D eigenvalue weighted by molar-refractivity contribution is 0.219. The molecule has 100 valence electrons. The number of benzene rings is 1. The number of rotatable bonds is 2. The molecule has 1 heterocycles. The smallest absolute Gasteiger partial charge is 0.131 e. The van der Waals surface area contributed by atoms with Crippen LogP contribution in [0.2, 0.25) is 0 Å². The summed E-state index contributed by atoms with van der Waals surface area (Å²) in [5.74, 6) is 0. The minimum absolute atomic E-state index is 0.570. The summed E-state index contributed by atoms with van der Waals surface area (Å²) >= 11 is 1.70. The van der Waals surface area contributed by atoms with E-state index in [0.29, 0.717) is 0 Å². The van der Waals surface area contributed by atoms with Gasteiger partial charge in [-0.3, -0.25) is 0 Å². The lowest BCUT2D eigenvalue weighted by Gasteiger charge is -2.06. The molecule has 0 spiro atoms. The summed E-state index contributed by atoms with van der Waals surface area (Å²) in [6.45, 7) is 0. The van der Waals surface area contributed by atoms with Crippen molar-refractivity contribution in [1.82, 2.24) is 4.98 Å². The van der Waals surface area contributed by atoms with Crippen molar-refractivity contribution in [3.63, 3.8) is 0 Å². The second-order valence-electron chi connectivity index (χ2n) is 5.15. The van der Waals surface area contributed by atoms with E-state index in [4.69, 9.17) is 4.98 Å². The monoisotopic (exact) mass is 273 g/mol. The van der Waals surface area contributed by atoms with Gasteiger partial charge in [0.15, 0.2) is 0 Å². The third-order valence-corrected chi connectivity index (χ3v) is 4.92. The quantitative estimate of drug-likeness (QED) is 0.900. The largest absolute Gasteiger partial charge is 0.381 e. The first-order valence-electron chi connectivity index (χ1n) is 7.06. The maximum absolute atomic E-state index is 10.4. The molecule has 0 saturated carbocycles. The van der Waals surface area contributed by atoms with E-state index in [2.05, 4.69) is 0 Å². The van der Waals surface area contributed by atoms with Crippen molar-refractivity contribution in [2.45, 2.75) is 44.6 Å². The van der Waals surface area contributed by atoms with Crippen LogP contribution in [0.5, 0.6) is 0 Å². The van der Waals surface area contributed by atoms with E-state index in [-0.39, 0.29) is 0 Å². The maximum atomic E-state index is 10.4. The highest BCUT2D eigenvalue weighted by Crippen LogP contribution is 2.31. The SMILES string of the molecule is OC(c1ccccc1)c1nc2c(s1)CCCCCC2. The average molecular weight is 273 g/mol. The molecule has 3 heteroatoms. The van der Waals surface area contributed by atoms with Gasteiger partial charge in [0.1, 0.15) is 11.1 Å². The van der Waals surface area contributed by atoms with E-state index < -0.39 is 6.10 Å². The van der Waals surface area contributed by atoms with Gasteiger partial charge in [-0.05, 0) is 31.2 Å². The molecule has 0 saturated heterocycles. The van der Waals surface area contributed by atoms with Crippen molar-refractivity contribution in [2.75, 3.05) is 0 Å². The highest BCUT2D eigenvalue weighted by atomic mass is 32.1. The van der Waals surface area contributed by atoms with Crippen molar-refractivity contribution in [1.29, 1.82) is 0 Å². The van der Waals surface area contributed by atoms with Gasteiger partial charge in [-0.1, -0.05) is 43.2 Å². The molecule has 1 aromatic heterocycles. The standard InChI is InChI=1S/C16H19NOS/c18-15(12-8-4-3-5-9-12)16-17-13-10-6-1-2-7-11-14(13)19-16/h3-5,8-9,15,18H,1-2,6-7,10-11H2. The van der Waals surface area contributed by atoms with Crippen LogP contribution in [0.3, 0.4) is 0 Å². The molecule has 19 heavy (non-hydrogen) atoms. The van der Waals surface area contributed by atoms with Crippen molar-refractivity contribution in [2.24, 2.45) is 0 Å². The van der Waals surface area contributed by atoms with Crippen LogP contribution in [-0.4, -0.2) is 10.1 Å². The molecule has 1 unspecified atom stereocenters. The van der Waals surface area contributed by atoms with Crippen LogP contribution in [0.4, 0.5) is 0 Å². The number of fused-ring (bicyclic) bond motifs is 1. The number of aliphatic hydroxyl groups is 1. The van der Waals surface area contributed by atoms with Gasteiger partial charge in [0, 0.05) is 4.88 Å². The Bertz CT molecular complexity index is 509. The number of aryl methyl sites for hydroxylation is 2. The Morgan fingerprint density at radius 1 is 1.00 bits per heavy atom. The van der Waals surface area contributed by atoms with E-state index in [1.165, 1.54) is 36.3 Å². The molecule has 1 aliphatic carbocycles. The van der Waals surface area contributed by atoms with Crippen molar-refractivity contribution >= 4 is 11.3 Å². The van der Waals surface area contributed by atoms with Gasteiger partial charge >= 0.3 is 0 Å². The molecule has 1 aliphatic rings. The summed E-state index contributed by atoms with van der Waals surface area (Å²) in [5.41, 5.74) is 2.17. The van der Waals surface area contributed by atoms with E-state index in [1.54, 1.807) is 11.3 Å². The summed E-state index contributed by atoms with van der Waals surface area (Å²) < 4.78 is 0. The molecule has 0 aliphatic heterocycles. The lowest BCUT2D eigenvalue weighted by Crippen LogP contribution is -2.00. The van der Waals surface area contributed by atoms with E-state index in [9.17, 15) is 5.11 Å². The number of hydrogen-bond acceptors (Lipinski definition) is 3. The van der Waals surface area contributed by atoms with Gasteiger partial charge in [0.05, 0.1) is 5.69 Å².